The average molecular weight is 572 g/mol. The summed E-state index contributed by atoms with van der Waals surface area (Å²) in [6.45, 7) is 0.229. The maximum absolute atomic E-state index is 13.2. The summed E-state index contributed by atoms with van der Waals surface area (Å²) in [5.74, 6) is -0.342. The lowest BCUT2D eigenvalue weighted by atomic mass is 9.97. The van der Waals surface area contributed by atoms with Gasteiger partial charge in [-0.25, -0.2) is 22.5 Å². The van der Waals surface area contributed by atoms with Gasteiger partial charge >= 0.3 is 0 Å². The first-order valence-corrected chi connectivity index (χ1v) is 13.0. The molecule has 2 N–H and O–H groups in total. The molecule has 1 atom stereocenters. The number of aromatic nitrogens is 3. The van der Waals surface area contributed by atoms with Crippen LogP contribution in [0.5, 0.6) is 5.75 Å². The molecule has 1 aromatic carbocycles. The quantitative estimate of drug-likeness (QED) is 0.359. The van der Waals surface area contributed by atoms with Gasteiger partial charge in [0, 0.05) is 30.0 Å². The van der Waals surface area contributed by atoms with E-state index in [1.807, 2.05) is 5.38 Å². The Labute approximate surface area is 223 Å². The van der Waals surface area contributed by atoms with Crippen molar-refractivity contribution in [2.45, 2.75) is 44.3 Å². The first-order valence-electron chi connectivity index (χ1n) is 11.7. The van der Waals surface area contributed by atoms with E-state index in [0.717, 1.165) is 5.01 Å². The number of nitrogens with zero attached hydrogens (tertiary/aromatic N) is 4. The summed E-state index contributed by atoms with van der Waals surface area (Å²) in [5.41, 5.74) is 3.11. The SMILES string of the molecule is O=C(Cn1nc(C(F)F)cc1C(F)F)N1CCC(c2nc(C3=CC(c4c(O)cccc4Cl)ON3)cs2)CC1. The van der Waals surface area contributed by atoms with E-state index >= 15 is 0 Å². The third-order valence-electron chi connectivity index (χ3n) is 6.49. The number of phenolic OH excluding ortho intramolecular Hbond substituents is 1. The molecule has 0 bridgehead atoms. The molecular formula is C24H22ClF4N5O3S. The number of phenols is 1. The number of hydroxylamine groups is 1. The fraction of sp³-hybridized carbons (Fsp3) is 0.375. The van der Waals surface area contributed by atoms with E-state index < -0.39 is 42.8 Å². The highest BCUT2D eigenvalue weighted by Gasteiger charge is 2.30. The van der Waals surface area contributed by atoms with Crippen molar-refractivity contribution in [3.05, 3.63) is 68.4 Å². The van der Waals surface area contributed by atoms with E-state index in [9.17, 15) is 27.5 Å². The Bertz CT molecular complexity index is 1340. The van der Waals surface area contributed by atoms with Gasteiger partial charge in [-0.15, -0.1) is 11.3 Å². The second-order valence-electron chi connectivity index (χ2n) is 8.87. The Morgan fingerprint density at radius 2 is 2.00 bits per heavy atom. The number of hydrogen-bond donors (Lipinski definition) is 2. The van der Waals surface area contributed by atoms with E-state index in [0.29, 0.717) is 58.7 Å². The molecule has 2 aromatic heterocycles. The van der Waals surface area contributed by atoms with Crippen LogP contribution in [0.3, 0.4) is 0 Å². The molecule has 0 spiro atoms. The molecule has 8 nitrogen and oxygen atoms in total. The number of carbonyl (C=O) groups excluding carboxylic acids is 1. The highest BCUT2D eigenvalue weighted by Crippen LogP contribution is 2.39. The number of piperidine rings is 1. The molecule has 1 fully saturated rings. The molecular weight excluding hydrogens is 550 g/mol. The van der Waals surface area contributed by atoms with Gasteiger partial charge in [0.2, 0.25) is 5.91 Å². The number of alkyl halides is 4. The minimum atomic E-state index is -3.02. The van der Waals surface area contributed by atoms with Crippen LogP contribution in [0.15, 0.2) is 35.7 Å². The molecule has 4 heterocycles. The third kappa shape index (κ3) is 5.36. The summed E-state index contributed by atoms with van der Waals surface area (Å²) >= 11 is 7.69. The Kier molecular flexibility index (Phi) is 7.59. The van der Waals surface area contributed by atoms with Crippen LogP contribution in [-0.2, 0) is 16.2 Å². The number of carbonyl (C=O) groups is 1. The maximum atomic E-state index is 13.2. The van der Waals surface area contributed by atoms with Crippen LogP contribution in [0, 0.1) is 0 Å². The molecule has 1 saturated heterocycles. The van der Waals surface area contributed by atoms with Crippen LogP contribution in [0.25, 0.3) is 5.70 Å². The van der Waals surface area contributed by atoms with Crippen molar-refractivity contribution < 1.29 is 32.3 Å². The Morgan fingerprint density at radius 1 is 1.24 bits per heavy atom. The lowest BCUT2D eigenvalue weighted by Crippen LogP contribution is -2.40. The molecule has 3 aromatic rings. The number of nitrogens with one attached hydrogen (secondary N) is 1. The number of amides is 1. The van der Waals surface area contributed by atoms with Crippen LogP contribution in [0.4, 0.5) is 17.6 Å². The molecule has 2 aliphatic heterocycles. The molecule has 0 aliphatic carbocycles. The van der Waals surface area contributed by atoms with Crippen molar-refractivity contribution in [3.63, 3.8) is 0 Å². The van der Waals surface area contributed by atoms with E-state index in [2.05, 4.69) is 10.6 Å². The number of rotatable bonds is 7. The zero-order chi connectivity index (χ0) is 27.0. The van der Waals surface area contributed by atoms with Crippen molar-refractivity contribution in [2.75, 3.05) is 13.1 Å². The predicted molar refractivity (Wildman–Crippen MR) is 131 cm³/mol. The van der Waals surface area contributed by atoms with Gasteiger partial charge in [0.15, 0.2) is 0 Å². The summed E-state index contributed by atoms with van der Waals surface area (Å²) in [6.07, 6.45) is -3.60. The molecule has 202 valence electrons. The Hall–Kier alpha value is -3.16. The van der Waals surface area contributed by atoms with Crippen molar-refractivity contribution >= 4 is 34.5 Å². The van der Waals surface area contributed by atoms with Gasteiger partial charge in [0.05, 0.1) is 21.4 Å². The molecule has 2 aliphatic rings. The van der Waals surface area contributed by atoms with E-state index in [1.54, 1.807) is 18.2 Å². The van der Waals surface area contributed by atoms with Gasteiger partial charge in [-0.3, -0.25) is 19.8 Å². The number of thiazole rings is 1. The van der Waals surface area contributed by atoms with Gasteiger partial charge in [-0.05, 0) is 37.1 Å². The standard InChI is InChI=1S/C24H22ClF4N5O3S/c25-13-2-1-3-18(35)21(13)19-9-14(32-37-19)16-11-38-24(30-16)12-4-6-33(7-5-12)20(36)10-34-17(23(28)29)8-15(31-34)22(26)27/h1-3,8-9,11-12,19,22-23,32,35H,4-7,10H2. The van der Waals surface area contributed by atoms with Crippen LogP contribution in [0.2, 0.25) is 5.02 Å². The fourth-order valence-corrected chi connectivity index (χ4v) is 5.77. The Morgan fingerprint density at radius 3 is 2.68 bits per heavy atom. The van der Waals surface area contributed by atoms with Crippen molar-refractivity contribution in [1.82, 2.24) is 25.1 Å². The van der Waals surface area contributed by atoms with E-state index in [1.165, 1.54) is 22.3 Å². The molecule has 0 saturated carbocycles. The molecule has 1 amide bonds. The van der Waals surface area contributed by atoms with Crippen LogP contribution < -0.4 is 5.48 Å². The van der Waals surface area contributed by atoms with Crippen LogP contribution >= 0.6 is 22.9 Å². The highest BCUT2D eigenvalue weighted by molar-refractivity contribution is 7.09. The number of likely N-dealkylation sites (tertiary alicyclic amines) is 1. The third-order valence-corrected chi connectivity index (χ3v) is 7.82. The average Bonchev–Trinajstić information content (AvgIpc) is 3.64. The number of aromatic hydroxyl groups is 1. The number of benzene rings is 1. The lowest BCUT2D eigenvalue weighted by molar-refractivity contribution is -0.133. The van der Waals surface area contributed by atoms with Crippen LogP contribution in [-0.4, -0.2) is 43.8 Å². The smallest absolute Gasteiger partial charge is 0.282 e. The van der Waals surface area contributed by atoms with Gasteiger partial charge in [0.1, 0.15) is 29.8 Å². The van der Waals surface area contributed by atoms with E-state index in [-0.39, 0.29) is 11.7 Å². The number of hydrogen-bond acceptors (Lipinski definition) is 7. The van der Waals surface area contributed by atoms with Crippen molar-refractivity contribution in [3.8, 4) is 5.75 Å². The van der Waals surface area contributed by atoms with E-state index in [4.69, 9.17) is 21.4 Å². The Balaban J connectivity index is 1.20. The van der Waals surface area contributed by atoms with Crippen molar-refractivity contribution in [2.24, 2.45) is 0 Å². The molecule has 5 rings (SSSR count). The molecule has 1 unspecified atom stereocenters. The number of halogens is 5. The molecule has 38 heavy (non-hydrogen) atoms. The zero-order valence-corrected chi connectivity index (χ0v) is 21.2. The second-order valence-corrected chi connectivity index (χ2v) is 10.2. The summed E-state index contributed by atoms with van der Waals surface area (Å²) in [7, 11) is 0. The van der Waals surface area contributed by atoms with Gasteiger partial charge in [-0.1, -0.05) is 17.7 Å². The van der Waals surface area contributed by atoms with Gasteiger partial charge in [0.25, 0.3) is 12.9 Å². The monoisotopic (exact) mass is 571 g/mol. The highest BCUT2D eigenvalue weighted by atomic mass is 35.5. The van der Waals surface area contributed by atoms with Gasteiger partial charge in [-0.2, -0.15) is 5.10 Å². The summed E-state index contributed by atoms with van der Waals surface area (Å²) in [4.78, 5) is 24.5. The molecule has 14 heteroatoms. The van der Waals surface area contributed by atoms with Gasteiger partial charge < -0.3 is 10.0 Å². The van der Waals surface area contributed by atoms with Crippen molar-refractivity contribution in [1.29, 1.82) is 0 Å². The zero-order valence-electron chi connectivity index (χ0n) is 19.7. The first-order chi connectivity index (χ1) is 18.2. The van der Waals surface area contributed by atoms with Crippen LogP contribution in [0.1, 0.15) is 65.4 Å². The normalized spacial score (nSPS) is 18.3. The topological polar surface area (TPSA) is 92.5 Å². The first kappa shape index (κ1) is 26.4. The second kappa shape index (κ2) is 10.9. The largest absolute Gasteiger partial charge is 0.508 e. The summed E-state index contributed by atoms with van der Waals surface area (Å²) in [6, 6.07) is 5.47. The predicted octanol–water partition coefficient (Wildman–Crippen LogP) is 5.60. The minimum Gasteiger partial charge on any atom is -0.508 e. The summed E-state index contributed by atoms with van der Waals surface area (Å²) in [5, 5.41) is 16.8. The fourth-order valence-electron chi connectivity index (χ4n) is 4.50. The lowest BCUT2D eigenvalue weighted by Gasteiger charge is -2.31. The molecule has 0 radical (unpaired) electrons. The minimum absolute atomic E-state index is 0.0227. The maximum Gasteiger partial charge on any atom is 0.282 e. The summed E-state index contributed by atoms with van der Waals surface area (Å²) < 4.78 is 52.9.